The summed E-state index contributed by atoms with van der Waals surface area (Å²) in [5.74, 6) is 1.41. The van der Waals surface area contributed by atoms with Gasteiger partial charge in [0.05, 0.1) is 6.20 Å². The van der Waals surface area contributed by atoms with Gasteiger partial charge in [-0.3, -0.25) is 4.68 Å². The molecule has 0 aliphatic rings. The lowest BCUT2D eigenvalue weighted by Gasteiger charge is -2.18. The third-order valence-electron chi connectivity index (χ3n) is 2.81. The summed E-state index contributed by atoms with van der Waals surface area (Å²) in [6.07, 6.45) is 5.18. The second-order valence-corrected chi connectivity index (χ2v) is 4.24. The normalized spacial score (nSPS) is 15.4. The molecule has 2 unspecified atom stereocenters. The van der Waals surface area contributed by atoms with E-state index in [2.05, 4.69) is 30.5 Å². The maximum atomic E-state index is 4.18. The van der Waals surface area contributed by atoms with E-state index >= 15 is 0 Å². The van der Waals surface area contributed by atoms with E-state index in [0.717, 1.165) is 13.0 Å². The van der Waals surface area contributed by atoms with Crippen LogP contribution in [0.1, 0.15) is 19.4 Å². The zero-order valence-corrected chi connectivity index (χ0v) is 9.62. The Bertz CT molecular complexity index is 267. The van der Waals surface area contributed by atoms with Crippen LogP contribution in [0.3, 0.4) is 0 Å². The highest BCUT2D eigenvalue weighted by molar-refractivity contribution is 5.04. The van der Waals surface area contributed by atoms with Crippen LogP contribution < -0.4 is 5.32 Å². The molecule has 80 valence electrons. The van der Waals surface area contributed by atoms with Crippen LogP contribution in [0.4, 0.5) is 0 Å². The minimum atomic E-state index is 0.701. The minimum absolute atomic E-state index is 0.701. The fourth-order valence-corrected chi connectivity index (χ4v) is 1.67. The lowest BCUT2D eigenvalue weighted by molar-refractivity contribution is 0.374. The van der Waals surface area contributed by atoms with Crippen molar-refractivity contribution in [3.8, 4) is 0 Å². The molecular formula is C11H21N3. The molecule has 1 N–H and O–H groups in total. The third-order valence-corrected chi connectivity index (χ3v) is 2.81. The number of nitrogens with one attached hydrogen (secondary N) is 1. The Morgan fingerprint density at radius 3 is 2.64 bits per heavy atom. The summed E-state index contributed by atoms with van der Waals surface area (Å²) >= 11 is 0. The lowest BCUT2D eigenvalue weighted by Crippen LogP contribution is -2.23. The molecule has 3 nitrogen and oxygen atoms in total. The minimum Gasteiger partial charge on any atom is -0.319 e. The van der Waals surface area contributed by atoms with Gasteiger partial charge in [0.2, 0.25) is 0 Å². The number of hydrogen-bond acceptors (Lipinski definition) is 2. The summed E-state index contributed by atoms with van der Waals surface area (Å²) < 4.78 is 1.87. The maximum absolute atomic E-state index is 4.18. The fraction of sp³-hybridized carbons (Fsp3) is 0.727. The van der Waals surface area contributed by atoms with Crippen molar-refractivity contribution in [1.29, 1.82) is 0 Å². The second-order valence-electron chi connectivity index (χ2n) is 4.24. The number of nitrogens with zero attached hydrogens (tertiary/aromatic N) is 2. The number of aromatic nitrogens is 2. The van der Waals surface area contributed by atoms with E-state index in [1.165, 1.54) is 5.56 Å². The molecule has 0 saturated heterocycles. The Hall–Kier alpha value is -0.830. The van der Waals surface area contributed by atoms with Gasteiger partial charge < -0.3 is 5.32 Å². The Kier molecular flexibility index (Phi) is 4.14. The van der Waals surface area contributed by atoms with E-state index in [9.17, 15) is 0 Å². The SMILES string of the molecule is CNCC(C)C(C)Cc1cnn(C)c1. The van der Waals surface area contributed by atoms with Gasteiger partial charge in [-0.1, -0.05) is 13.8 Å². The van der Waals surface area contributed by atoms with Gasteiger partial charge >= 0.3 is 0 Å². The molecule has 0 fully saturated rings. The summed E-state index contributed by atoms with van der Waals surface area (Å²) in [5, 5.41) is 7.39. The molecule has 1 aromatic heterocycles. The van der Waals surface area contributed by atoms with Crippen LogP contribution in [0, 0.1) is 11.8 Å². The molecule has 1 heterocycles. The first-order valence-electron chi connectivity index (χ1n) is 5.25. The molecule has 14 heavy (non-hydrogen) atoms. The van der Waals surface area contributed by atoms with Crippen molar-refractivity contribution in [2.24, 2.45) is 18.9 Å². The summed E-state index contributed by atoms with van der Waals surface area (Å²) in [5.41, 5.74) is 1.34. The van der Waals surface area contributed by atoms with Gasteiger partial charge in [0, 0.05) is 13.2 Å². The van der Waals surface area contributed by atoms with E-state index < -0.39 is 0 Å². The first-order chi connectivity index (χ1) is 6.63. The Morgan fingerprint density at radius 1 is 1.43 bits per heavy atom. The molecule has 0 aliphatic heterocycles. The van der Waals surface area contributed by atoms with Crippen LogP contribution in [-0.4, -0.2) is 23.4 Å². The summed E-state index contributed by atoms with van der Waals surface area (Å²) in [6.45, 7) is 5.67. The second kappa shape index (κ2) is 5.15. The van der Waals surface area contributed by atoms with E-state index in [-0.39, 0.29) is 0 Å². The molecule has 1 aromatic rings. The van der Waals surface area contributed by atoms with Crippen LogP contribution in [0.25, 0.3) is 0 Å². The van der Waals surface area contributed by atoms with Gasteiger partial charge in [-0.15, -0.1) is 0 Å². The zero-order valence-electron chi connectivity index (χ0n) is 9.62. The largest absolute Gasteiger partial charge is 0.319 e. The van der Waals surface area contributed by atoms with Crippen molar-refractivity contribution in [3.05, 3.63) is 18.0 Å². The molecule has 3 heteroatoms. The molecule has 0 radical (unpaired) electrons. The average molecular weight is 195 g/mol. The van der Waals surface area contributed by atoms with Crippen molar-refractivity contribution in [2.45, 2.75) is 20.3 Å². The topological polar surface area (TPSA) is 29.9 Å². The number of aryl methyl sites for hydroxylation is 1. The number of rotatable bonds is 5. The van der Waals surface area contributed by atoms with E-state index in [1.807, 2.05) is 25.0 Å². The predicted molar refractivity (Wildman–Crippen MR) is 59.2 cm³/mol. The molecule has 0 spiro atoms. The van der Waals surface area contributed by atoms with Crippen molar-refractivity contribution >= 4 is 0 Å². The molecule has 0 amide bonds. The predicted octanol–water partition coefficient (Wildman–Crippen LogP) is 1.45. The van der Waals surface area contributed by atoms with Gasteiger partial charge in [-0.2, -0.15) is 5.10 Å². The Balaban J connectivity index is 2.43. The summed E-state index contributed by atoms with van der Waals surface area (Å²) in [7, 11) is 3.97. The van der Waals surface area contributed by atoms with Gasteiger partial charge in [0.25, 0.3) is 0 Å². The van der Waals surface area contributed by atoms with Crippen LogP contribution in [0.15, 0.2) is 12.4 Å². The fourth-order valence-electron chi connectivity index (χ4n) is 1.67. The van der Waals surface area contributed by atoms with Crippen LogP contribution in [0.2, 0.25) is 0 Å². The zero-order chi connectivity index (χ0) is 10.6. The monoisotopic (exact) mass is 195 g/mol. The van der Waals surface area contributed by atoms with Crippen LogP contribution >= 0.6 is 0 Å². The number of hydrogen-bond donors (Lipinski definition) is 1. The van der Waals surface area contributed by atoms with Crippen molar-refractivity contribution in [3.63, 3.8) is 0 Å². The smallest absolute Gasteiger partial charge is 0.0521 e. The molecule has 2 atom stereocenters. The van der Waals surface area contributed by atoms with Gasteiger partial charge in [-0.25, -0.2) is 0 Å². The highest BCUT2D eigenvalue weighted by Crippen LogP contribution is 2.15. The van der Waals surface area contributed by atoms with Crippen LogP contribution in [0.5, 0.6) is 0 Å². The van der Waals surface area contributed by atoms with Crippen molar-refractivity contribution in [1.82, 2.24) is 15.1 Å². The van der Waals surface area contributed by atoms with Gasteiger partial charge in [0.15, 0.2) is 0 Å². The lowest BCUT2D eigenvalue weighted by atomic mass is 9.91. The molecule has 0 aromatic carbocycles. The van der Waals surface area contributed by atoms with E-state index in [0.29, 0.717) is 11.8 Å². The third kappa shape index (κ3) is 3.14. The molecular weight excluding hydrogens is 174 g/mol. The van der Waals surface area contributed by atoms with Crippen molar-refractivity contribution in [2.75, 3.05) is 13.6 Å². The van der Waals surface area contributed by atoms with Gasteiger partial charge in [-0.05, 0) is 37.4 Å². The first-order valence-corrected chi connectivity index (χ1v) is 5.25. The molecule has 0 aliphatic carbocycles. The highest BCUT2D eigenvalue weighted by atomic mass is 15.2. The summed E-state index contributed by atoms with van der Waals surface area (Å²) in [4.78, 5) is 0. The molecule has 0 saturated carbocycles. The van der Waals surface area contributed by atoms with Crippen LogP contribution in [-0.2, 0) is 13.5 Å². The standard InChI is InChI=1S/C11H21N3/c1-9(10(2)6-12-3)5-11-7-13-14(4)8-11/h7-10,12H,5-6H2,1-4H3. The summed E-state index contributed by atoms with van der Waals surface area (Å²) in [6, 6.07) is 0. The highest BCUT2D eigenvalue weighted by Gasteiger charge is 2.12. The Labute approximate surface area is 86.5 Å². The first kappa shape index (κ1) is 11.2. The average Bonchev–Trinajstić information content (AvgIpc) is 2.51. The quantitative estimate of drug-likeness (QED) is 0.770. The Morgan fingerprint density at radius 2 is 2.14 bits per heavy atom. The van der Waals surface area contributed by atoms with Gasteiger partial charge in [0.1, 0.15) is 0 Å². The molecule has 0 bridgehead atoms. The van der Waals surface area contributed by atoms with Crippen molar-refractivity contribution < 1.29 is 0 Å². The van der Waals surface area contributed by atoms with E-state index in [4.69, 9.17) is 0 Å². The van der Waals surface area contributed by atoms with E-state index in [1.54, 1.807) is 0 Å². The molecule has 1 rings (SSSR count). The maximum Gasteiger partial charge on any atom is 0.0521 e.